The van der Waals surface area contributed by atoms with Crippen LogP contribution >= 0.6 is 0 Å². The summed E-state index contributed by atoms with van der Waals surface area (Å²) in [7, 11) is 1.34. The van der Waals surface area contributed by atoms with Crippen molar-refractivity contribution in [1.82, 2.24) is 25.3 Å². The van der Waals surface area contributed by atoms with Gasteiger partial charge in [-0.05, 0) is 50.1 Å². The first kappa shape index (κ1) is 25.4. The second kappa shape index (κ2) is 9.56. The highest BCUT2D eigenvalue weighted by molar-refractivity contribution is 5.98. The zero-order chi connectivity index (χ0) is 27.1. The lowest BCUT2D eigenvalue weighted by atomic mass is 10.1. The van der Waals surface area contributed by atoms with Gasteiger partial charge < -0.3 is 25.5 Å². The number of carbonyl (C=O) groups is 1. The van der Waals surface area contributed by atoms with E-state index in [-0.39, 0.29) is 28.6 Å². The Balaban J connectivity index is 1.47. The zero-order valence-corrected chi connectivity index (χ0v) is 20.5. The number of ether oxygens (including phenoxy) is 1. The van der Waals surface area contributed by atoms with Gasteiger partial charge in [0.1, 0.15) is 17.0 Å². The molecule has 3 heterocycles. The summed E-state index contributed by atoms with van der Waals surface area (Å²) >= 11 is 0. The number of aromatic nitrogens is 4. The topological polar surface area (TPSA) is 141 Å². The molecule has 1 amide bonds. The van der Waals surface area contributed by atoms with Crippen LogP contribution in [-0.4, -0.2) is 45.0 Å². The molecule has 3 aromatic heterocycles. The van der Waals surface area contributed by atoms with Crippen molar-refractivity contribution in [3.8, 4) is 17.2 Å². The third-order valence-corrected chi connectivity index (χ3v) is 6.23. The molecule has 1 aliphatic rings. The number of pyridine rings is 1. The minimum atomic E-state index is -4.63. The molecule has 5 rings (SSSR count). The summed E-state index contributed by atoms with van der Waals surface area (Å²) in [5, 5.41) is 6.43. The highest BCUT2D eigenvalue weighted by Gasteiger charge is 2.45. The van der Waals surface area contributed by atoms with Crippen LogP contribution in [0.1, 0.15) is 47.7 Å². The molecular formula is C25H24F3N7O3. The largest absolute Gasteiger partial charge is 0.494 e. The lowest BCUT2D eigenvalue weighted by molar-refractivity contribution is -0.140. The Labute approximate surface area is 214 Å². The number of rotatable bonds is 8. The number of anilines is 1. The number of amides is 1. The van der Waals surface area contributed by atoms with Gasteiger partial charge in [0.25, 0.3) is 5.91 Å². The molecule has 198 valence electrons. The second-order valence-corrected chi connectivity index (χ2v) is 9.09. The standard InChI is InChI=1S/C25H24F3N7O3/c1-13(29)20-19(21(36)35-24(8-9-24)12-32-23-30-10-3-11-31-23)34-22(38-20)15-4-6-16(37-2)18-14(15)5-7-17(33-18)25(26,27)28/h3-7,10-11,13H,8-9,12,29H2,1-2H3,(H,35,36)(H,30,31,32)/t13-/m0/s1. The summed E-state index contributed by atoms with van der Waals surface area (Å²) in [5.74, 6) is 0.295. The number of benzene rings is 1. The molecule has 0 aliphatic heterocycles. The second-order valence-electron chi connectivity index (χ2n) is 9.09. The van der Waals surface area contributed by atoms with E-state index >= 15 is 0 Å². The number of methoxy groups -OCH3 is 1. The Kier molecular flexibility index (Phi) is 6.39. The van der Waals surface area contributed by atoms with Gasteiger partial charge in [-0.2, -0.15) is 13.2 Å². The Bertz CT molecular complexity index is 1490. The van der Waals surface area contributed by atoms with Crippen molar-refractivity contribution in [3.63, 3.8) is 0 Å². The van der Waals surface area contributed by atoms with E-state index in [0.29, 0.717) is 23.4 Å². The lowest BCUT2D eigenvalue weighted by Gasteiger charge is -2.17. The first-order chi connectivity index (χ1) is 18.1. The average molecular weight is 528 g/mol. The predicted octanol–water partition coefficient (Wildman–Crippen LogP) is 4.10. The molecule has 0 radical (unpaired) electrons. The number of oxazole rings is 1. The van der Waals surface area contributed by atoms with Crippen molar-refractivity contribution in [2.75, 3.05) is 19.0 Å². The molecule has 1 fully saturated rings. The van der Waals surface area contributed by atoms with Gasteiger partial charge in [0.05, 0.1) is 18.7 Å². The van der Waals surface area contributed by atoms with Crippen LogP contribution in [0.5, 0.6) is 5.75 Å². The van der Waals surface area contributed by atoms with Crippen LogP contribution in [-0.2, 0) is 6.18 Å². The van der Waals surface area contributed by atoms with Crippen molar-refractivity contribution in [1.29, 1.82) is 0 Å². The molecule has 38 heavy (non-hydrogen) atoms. The van der Waals surface area contributed by atoms with Gasteiger partial charge in [0.2, 0.25) is 11.8 Å². The molecule has 1 atom stereocenters. The molecule has 1 aliphatic carbocycles. The van der Waals surface area contributed by atoms with Gasteiger partial charge in [-0.1, -0.05) is 0 Å². The molecule has 13 heteroatoms. The highest BCUT2D eigenvalue weighted by atomic mass is 19.4. The van der Waals surface area contributed by atoms with E-state index in [1.54, 1.807) is 31.5 Å². The van der Waals surface area contributed by atoms with Gasteiger partial charge in [-0.15, -0.1) is 0 Å². The summed E-state index contributed by atoms with van der Waals surface area (Å²) in [6.07, 6.45) is 0.0787. The van der Waals surface area contributed by atoms with E-state index < -0.39 is 29.4 Å². The van der Waals surface area contributed by atoms with Gasteiger partial charge >= 0.3 is 6.18 Å². The Hall–Kier alpha value is -4.26. The predicted molar refractivity (Wildman–Crippen MR) is 131 cm³/mol. The summed E-state index contributed by atoms with van der Waals surface area (Å²) in [4.78, 5) is 29.7. The summed E-state index contributed by atoms with van der Waals surface area (Å²) < 4.78 is 51.0. The van der Waals surface area contributed by atoms with Crippen molar-refractivity contribution in [3.05, 3.63) is 59.9 Å². The maximum absolute atomic E-state index is 13.3. The molecule has 1 aromatic carbocycles. The minimum Gasteiger partial charge on any atom is -0.494 e. The number of alkyl halides is 3. The van der Waals surface area contributed by atoms with Gasteiger partial charge in [-0.25, -0.2) is 19.9 Å². The summed E-state index contributed by atoms with van der Waals surface area (Å²) in [6.45, 7) is 2.06. The van der Waals surface area contributed by atoms with Gasteiger partial charge in [0.15, 0.2) is 11.5 Å². The van der Waals surface area contributed by atoms with Crippen molar-refractivity contribution >= 4 is 22.8 Å². The number of nitrogens with two attached hydrogens (primary N) is 1. The number of hydrogen-bond donors (Lipinski definition) is 3. The number of fused-ring (bicyclic) bond motifs is 1. The fourth-order valence-electron chi connectivity index (χ4n) is 4.06. The highest BCUT2D eigenvalue weighted by Crippen LogP contribution is 2.39. The smallest absolute Gasteiger partial charge is 0.433 e. The minimum absolute atomic E-state index is 0.000995. The van der Waals surface area contributed by atoms with E-state index in [9.17, 15) is 18.0 Å². The van der Waals surface area contributed by atoms with Crippen LogP contribution < -0.4 is 21.1 Å². The molecule has 0 unspecified atom stereocenters. The molecular weight excluding hydrogens is 503 g/mol. The fraction of sp³-hybridized carbons (Fsp3) is 0.320. The molecule has 0 bridgehead atoms. The molecule has 0 spiro atoms. The maximum atomic E-state index is 13.3. The number of halogens is 3. The first-order valence-corrected chi connectivity index (χ1v) is 11.8. The van der Waals surface area contributed by atoms with Crippen molar-refractivity contribution in [2.45, 2.75) is 37.5 Å². The van der Waals surface area contributed by atoms with E-state index in [1.807, 2.05) is 0 Å². The quantitative estimate of drug-likeness (QED) is 0.309. The van der Waals surface area contributed by atoms with Crippen LogP contribution in [0, 0.1) is 0 Å². The third-order valence-electron chi connectivity index (χ3n) is 6.23. The van der Waals surface area contributed by atoms with E-state index in [0.717, 1.165) is 18.9 Å². The van der Waals surface area contributed by atoms with Gasteiger partial charge in [0, 0.05) is 29.9 Å². The first-order valence-electron chi connectivity index (χ1n) is 11.8. The third kappa shape index (κ3) is 4.96. The summed E-state index contributed by atoms with van der Waals surface area (Å²) in [5.41, 5.74) is 4.84. The van der Waals surface area contributed by atoms with E-state index in [4.69, 9.17) is 14.9 Å². The monoisotopic (exact) mass is 527 g/mol. The normalized spacial score (nSPS) is 15.2. The maximum Gasteiger partial charge on any atom is 0.433 e. The Morgan fingerprint density at radius 1 is 1.18 bits per heavy atom. The molecule has 4 aromatic rings. The molecule has 0 saturated heterocycles. The van der Waals surface area contributed by atoms with Crippen LogP contribution in [0.2, 0.25) is 0 Å². The number of carbonyl (C=O) groups excluding carboxylic acids is 1. The number of hydrogen-bond acceptors (Lipinski definition) is 9. The van der Waals surface area contributed by atoms with Crippen LogP contribution in [0.15, 0.2) is 47.1 Å². The Morgan fingerprint density at radius 3 is 2.55 bits per heavy atom. The Morgan fingerprint density at radius 2 is 1.92 bits per heavy atom. The number of nitrogens with one attached hydrogen (secondary N) is 2. The average Bonchev–Trinajstić information content (AvgIpc) is 3.51. The zero-order valence-electron chi connectivity index (χ0n) is 20.5. The molecule has 10 nitrogen and oxygen atoms in total. The SMILES string of the molecule is COc1ccc(-c2nc(C(=O)NC3(CNc4ncccn4)CC3)c([C@H](C)N)o2)c2ccc(C(F)(F)F)nc12. The van der Waals surface area contributed by atoms with E-state index in [1.165, 1.54) is 19.2 Å². The van der Waals surface area contributed by atoms with Crippen molar-refractivity contribution < 1.29 is 27.1 Å². The number of nitrogens with zero attached hydrogens (tertiary/aromatic N) is 4. The fourth-order valence-corrected chi connectivity index (χ4v) is 4.06. The van der Waals surface area contributed by atoms with Gasteiger partial charge in [-0.3, -0.25) is 4.79 Å². The van der Waals surface area contributed by atoms with E-state index in [2.05, 4.69) is 30.6 Å². The lowest BCUT2D eigenvalue weighted by Crippen LogP contribution is -2.42. The van der Waals surface area contributed by atoms with Crippen molar-refractivity contribution in [2.24, 2.45) is 5.73 Å². The van der Waals surface area contributed by atoms with Crippen LogP contribution in [0.25, 0.3) is 22.4 Å². The van der Waals surface area contributed by atoms with Crippen LogP contribution in [0.4, 0.5) is 19.1 Å². The summed E-state index contributed by atoms with van der Waals surface area (Å²) in [6, 6.07) is 6.22. The molecule has 4 N–H and O–H groups in total. The van der Waals surface area contributed by atoms with Crippen LogP contribution in [0.3, 0.4) is 0 Å². The molecule has 1 saturated carbocycles.